The Balaban J connectivity index is 0.000000219. The number of nitrogens with one attached hydrogen (secondary N) is 3. The summed E-state index contributed by atoms with van der Waals surface area (Å²) in [6.45, 7) is 6.14. The first-order valence-corrected chi connectivity index (χ1v) is 19.7. The van der Waals surface area contributed by atoms with Crippen molar-refractivity contribution in [2.75, 3.05) is 62.5 Å². The summed E-state index contributed by atoms with van der Waals surface area (Å²) in [7, 11) is -0.430. The lowest BCUT2D eigenvalue weighted by Crippen LogP contribution is -2.44. The second-order valence-electron chi connectivity index (χ2n) is 13.7. The van der Waals surface area contributed by atoms with Crippen molar-refractivity contribution in [3.05, 3.63) is 94.6 Å². The molecule has 4 heterocycles. The van der Waals surface area contributed by atoms with Crippen LogP contribution in [0.3, 0.4) is 0 Å². The molecule has 0 unspecified atom stereocenters. The van der Waals surface area contributed by atoms with Crippen LogP contribution in [0.1, 0.15) is 71.4 Å². The first-order valence-electron chi connectivity index (χ1n) is 18.2. The zero-order valence-corrected chi connectivity index (χ0v) is 32.6. The molecule has 2 aliphatic heterocycles. The Hall–Kier alpha value is -5.39. The number of carbonyl (C=O) groups is 2. The van der Waals surface area contributed by atoms with Crippen LogP contribution in [0.5, 0.6) is 11.5 Å². The van der Waals surface area contributed by atoms with Gasteiger partial charge in [0, 0.05) is 25.2 Å². The van der Waals surface area contributed by atoms with Crippen LogP contribution in [0.4, 0.5) is 32.1 Å². The molecular formula is C39H48F2N8O6S. The highest BCUT2D eigenvalue weighted by Crippen LogP contribution is 2.28. The average Bonchev–Trinajstić information content (AvgIpc) is 3.18. The molecule has 2 aliphatic rings. The number of hydrogen-bond donors (Lipinski definition) is 5. The van der Waals surface area contributed by atoms with Gasteiger partial charge in [0.1, 0.15) is 46.4 Å². The molecule has 17 heteroatoms. The molecule has 7 N–H and O–H groups in total. The standard InChI is InChI=1S/C21H27FN4O4S.C18H21FN4O2/c1-13(2)31(28,29)26-10-8-15(9-11-26)24-19-7-5-16(21(23)25-19)20(27)17-12-14(22)4-6-18(17)30-3;1-25-15-4-2-11(19)10-14(15)17(24)13-3-5-16(23-18(13)20)22-12-6-8-21-9-7-12/h4-7,12-13,15H,8-11H2,1-3H3,(H3,23,24,25);2-5,10,12,21H,6-9H2,1H3,(H3,20,22,23). The Labute approximate surface area is 325 Å². The molecule has 0 spiro atoms. The van der Waals surface area contributed by atoms with E-state index in [1.807, 2.05) is 0 Å². The van der Waals surface area contributed by atoms with Crippen molar-refractivity contribution in [3.8, 4) is 11.5 Å². The molecule has 6 rings (SSSR count). The summed E-state index contributed by atoms with van der Waals surface area (Å²) in [5.74, 6) is -0.192. The molecule has 0 atom stereocenters. The Kier molecular flexibility index (Phi) is 13.8. The number of nitrogen functional groups attached to an aromatic ring is 2. The number of hydrogen-bond acceptors (Lipinski definition) is 13. The molecule has 2 aromatic heterocycles. The molecule has 0 saturated carbocycles. The van der Waals surface area contributed by atoms with E-state index >= 15 is 0 Å². The maximum atomic E-state index is 13.6. The zero-order chi connectivity index (χ0) is 40.6. The highest BCUT2D eigenvalue weighted by atomic mass is 32.2. The van der Waals surface area contributed by atoms with Gasteiger partial charge >= 0.3 is 0 Å². The van der Waals surface area contributed by atoms with Crippen LogP contribution in [0.15, 0.2) is 60.7 Å². The summed E-state index contributed by atoms with van der Waals surface area (Å²) >= 11 is 0. The number of anilines is 4. The van der Waals surface area contributed by atoms with Gasteiger partial charge in [-0.15, -0.1) is 0 Å². The van der Waals surface area contributed by atoms with E-state index in [9.17, 15) is 26.8 Å². The number of carbonyl (C=O) groups excluding carboxylic acids is 2. The Morgan fingerprint density at radius 3 is 1.55 bits per heavy atom. The third-order valence-corrected chi connectivity index (χ3v) is 11.9. The van der Waals surface area contributed by atoms with E-state index in [0.717, 1.165) is 38.1 Å². The fourth-order valence-corrected chi connectivity index (χ4v) is 7.75. The van der Waals surface area contributed by atoms with Crippen molar-refractivity contribution < 1.29 is 36.3 Å². The number of nitrogens with zero attached hydrogens (tertiary/aromatic N) is 3. The number of sulfonamides is 1. The summed E-state index contributed by atoms with van der Waals surface area (Å²) in [6, 6.07) is 14.4. The van der Waals surface area contributed by atoms with E-state index in [1.165, 1.54) is 48.9 Å². The lowest BCUT2D eigenvalue weighted by molar-refractivity contribution is 0.102. The third kappa shape index (κ3) is 10.1. The minimum atomic E-state index is -3.26. The van der Waals surface area contributed by atoms with Gasteiger partial charge in [-0.3, -0.25) is 9.59 Å². The van der Waals surface area contributed by atoms with Crippen LogP contribution in [-0.2, 0) is 10.0 Å². The summed E-state index contributed by atoms with van der Waals surface area (Å²) < 4.78 is 63.5. The topological polar surface area (TPSA) is 204 Å². The smallest absolute Gasteiger partial charge is 0.216 e. The number of ether oxygens (including phenoxy) is 2. The molecule has 4 aromatic rings. The number of piperidine rings is 2. The fraction of sp³-hybridized carbons (Fsp3) is 0.385. The summed E-state index contributed by atoms with van der Waals surface area (Å²) in [5, 5.41) is 9.44. The molecule has 2 aromatic carbocycles. The normalized spacial score (nSPS) is 15.4. The molecule has 0 aliphatic carbocycles. The quantitative estimate of drug-likeness (QED) is 0.122. The largest absolute Gasteiger partial charge is 0.496 e. The predicted molar refractivity (Wildman–Crippen MR) is 212 cm³/mol. The Bertz CT molecular complexity index is 2140. The SMILES string of the molecule is COc1ccc(F)cc1C(=O)c1ccc(NC2CCN(S(=O)(=O)C(C)C)CC2)nc1N.COc1ccc(F)cc1C(=O)c1ccc(NC2CCNCC2)nc1N. The maximum Gasteiger partial charge on any atom is 0.216 e. The van der Waals surface area contributed by atoms with Crippen LogP contribution in [0.25, 0.3) is 0 Å². The molecule has 0 bridgehead atoms. The lowest BCUT2D eigenvalue weighted by atomic mass is 10.0. The first kappa shape index (κ1) is 41.8. The van der Waals surface area contributed by atoms with Crippen LogP contribution in [0.2, 0.25) is 0 Å². The molecule has 0 amide bonds. The molecule has 0 radical (unpaired) electrons. The van der Waals surface area contributed by atoms with E-state index in [0.29, 0.717) is 49.4 Å². The molecule has 2 saturated heterocycles. The predicted octanol–water partition coefficient (Wildman–Crippen LogP) is 4.86. The minimum Gasteiger partial charge on any atom is -0.496 e. The van der Waals surface area contributed by atoms with Crippen molar-refractivity contribution in [2.24, 2.45) is 0 Å². The second kappa shape index (κ2) is 18.5. The molecule has 2 fully saturated rings. The minimum absolute atomic E-state index is 0.0149. The number of rotatable bonds is 12. The molecular weight excluding hydrogens is 747 g/mol. The zero-order valence-electron chi connectivity index (χ0n) is 31.8. The van der Waals surface area contributed by atoms with Crippen molar-refractivity contribution in [2.45, 2.75) is 56.9 Å². The number of methoxy groups -OCH3 is 2. The number of benzene rings is 2. The Morgan fingerprint density at radius 1 is 0.732 bits per heavy atom. The summed E-state index contributed by atoms with van der Waals surface area (Å²) in [4.78, 5) is 34.1. The number of nitrogens with two attached hydrogens (primary N) is 2. The fourth-order valence-electron chi connectivity index (χ4n) is 6.44. The van der Waals surface area contributed by atoms with E-state index < -0.39 is 38.5 Å². The van der Waals surface area contributed by atoms with Gasteiger partial charge in [-0.05, 0) is 113 Å². The van der Waals surface area contributed by atoms with Crippen LogP contribution >= 0.6 is 0 Å². The summed E-state index contributed by atoms with van der Waals surface area (Å²) in [6.07, 6.45) is 3.27. The van der Waals surface area contributed by atoms with E-state index in [1.54, 1.807) is 32.0 Å². The number of pyridine rings is 2. The van der Waals surface area contributed by atoms with Gasteiger partial charge in [0.15, 0.2) is 0 Å². The number of aromatic nitrogens is 2. The summed E-state index contributed by atoms with van der Waals surface area (Å²) in [5.41, 5.74) is 12.5. The van der Waals surface area contributed by atoms with Crippen molar-refractivity contribution in [1.82, 2.24) is 19.6 Å². The van der Waals surface area contributed by atoms with Crippen LogP contribution in [-0.4, -0.2) is 92.0 Å². The van der Waals surface area contributed by atoms with Crippen molar-refractivity contribution in [3.63, 3.8) is 0 Å². The van der Waals surface area contributed by atoms with E-state index in [-0.39, 0.29) is 45.7 Å². The molecule has 14 nitrogen and oxygen atoms in total. The average molecular weight is 795 g/mol. The number of halogens is 2. The van der Waals surface area contributed by atoms with Gasteiger partial charge < -0.3 is 36.9 Å². The van der Waals surface area contributed by atoms with E-state index in [4.69, 9.17) is 20.9 Å². The third-order valence-electron chi connectivity index (χ3n) is 9.60. The number of ketones is 2. The van der Waals surface area contributed by atoms with Gasteiger partial charge in [0.2, 0.25) is 21.6 Å². The van der Waals surface area contributed by atoms with Crippen molar-refractivity contribution in [1.29, 1.82) is 0 Å². The Morgan fingerprint density at radius 2 is 1.16 bits per heavy atom. The monoisotopic (exact) mass is 794 g/mol. The van der Waals surface area contributed by atoms with Gasteiger partial charge in [-0.2, -0.15) is 0 Å². The highest BCUT2D eigenvalue weighted by molar-refractivity contribution is 7.89. The lowest BCUT2D eigenvalue weighted by Gasteiger charge is -2.33. The van der Waals surface area contributed by atoms with Gasteiger partial charge in [-0.25, -0.2) is 31.5 Å². The van der Waals surface area contributed by atoms with Gasteiger partial charge in [0.25, 0.3) is 0 Å². The van der Waals surface area contributed by atoms with Gasteiger partial charge in [-0.1, -0.05) is 0 Å². The van der Waals surface area contributed by atoms with Crippen LogP contribution < -0.4 is 36.9 Å². The van der Waals surface area contributed by atoms with Crippen LogP contribution in [0, 0.1) is 11.6 Å². The maximum absolute atomic E-state index is 13.6. The molecule has 300 valence electrons. The van der Waals surface area contributed by atoms with Crippen molar-refractivity contribution >= 4 is 44.9 Å². The van der Waals surface area contributed by atoms with Gasteiger partial charge in [0.05, 0.1) is 41.7 Å². The highest BCUT2D eigenvalue weighted by Gasteiger charge is 2.30. The first-order chi connectivity index (χ1) is 26.7. The molecule has 56 heavy (non-hydrogen) atoms. The second-order valence-corrected chi connectivity index (χ2v) is 16.2. The van der Waals surface area contributed by atoms with E-state index in [2.05, 4.69) is 25.9 Å².